The van der Waals surface area contributed by atoms with Gasteiger partial charge in [0.25, 0.3) is 0 Å². The van der Waals surface area contributed by atoms with Crippen LogP contribution < -0.4 is 10.6 Å². The fourth-order valence-electron chi connectivity index (χ4n) is 2.72. The number of hydrogen-bond donors (Lipinski definition) is 1. The van der Waals surface area contributed by atoms with E-state index < -0.39 is 0 Å². The first-order valence-corrected chi connectivity index (χ1v) is 6.74. The molecule has 0 saturated carbocycles. The molecule has 100 valence electrons. The first-order valence-electron chi connectivity index (χ1n) is 6.74. The van der Waals surface area contributed by atoms with Gasteiger partial charge in [0.2, 0.25) is 5.95 Å². The van der Waals surface area contributed by atoms with Crippen LogP contribution in [0.15, 0.2) is 6.07 Å². The van der Waals surface area contributed by atoms with Gasteiger partial charge >= 0.3 is 0 Å². The highest BCUT2D eigenvalue weighted by Crippen LogP contribution is 2.22. The first-order chi connectivity index (χ1) is 8.63. The lowest BCUT2D eigenvalue weighted by molar-refractivity contribution is 0.232. The lowest BCUT2D eigenvalue weighted by atomic mass is 10.2. The molecule has 0 aliphatic carbocycles. The van der Waals surface area contributed by atoms with Crippen molar-refractivity contribution in [3.05, 3.63) is 11.8 Å². The highest BCUT2D eigenvalue weighted by atomic mass is 15.3. The molecule has 1 fully saturated rings. The highest BCUT2D eigenvalue weighted by molar-refractivity contribution is 5.44. The quantitative estimate of drug-likeness (QED) is 0.871. The predicted octanol–water partition coefficient (Wildman–Crippen LogP) is 1.29. The van der Waals surface area contributed by atoms with E-state index in [4.69, 9.17) is 5.73 Å². The molecule has 1 atom stereocenters. The Morgan fingerprint density at radius 3 is 2.72 bits per heavy atom. The van der Waals surface area contributed by atoms with Gasteiger partial charge in [0.15, 0.2) is 0 Å². The third-order valence-electron chi connectivity index (χ3n) is 3.67. The van der Waals surface area contributed by atoms with E-state index in [1.165, 1.54) is 6.42 Å². The summed E-state index contributed by atoms with van der Waals surface area (Å²) in [6, 6.07) is 2.65. The zero-order valence-corrected chi connectivity index (χ0v) is 11.6. The molecule has 0 amide bonds. The van der Waals surface area contributed by atoms with E-state index in [9.17, 15) is 0 Å². The van der Waals surface area contributed by atoms with Gasteiger partial charge in [-0.2, -0.15) is 4.98 Å². The van der Waals surface area contributed by atoms with Gasteiger partial charge in [-0.1, -0.05) is 13.8 Å². The summed E-state index contributed by atoms with van der Waals surface area (Å²) in [6.07, 6.45) is 1.20. The number of anilines is 2. The monoisotopic (exact) mass is 249 g/mol. The molecule has 1 aliphatic heterocycles. The van der Waals surface area contributed by atoms with E-state index in [2.05, 4.69) is 33.6 Å². The van der Waals surface area contributed by atoms with Crippen molar-refractivity contribution in [2.75, 3.05) is 36.8 Å². The lowest BCUT2D eigenvalue weighted by Gasteiger charge is -2.26. The van der Waals surface area contributed by atoms with E-state index in [-0.39, 0.29) is 0 Å². The zero-order valence-electron chi connectivity index (χ0n) is 11.6. The molecule has 2 rings (SSSR count). The molecule has 0 spiro atoms. The second-order valence-electron chi connectivity index (χ2n) is 4.84. The van der Waals surface area contributed by atoms with Gasteiger partial charge in [0, 0.05) is 30.9 Å². The van der Waals surface area contributed by atoms with Gasteiger partial charge in [-0.3, -0.25) is 4.90 Å². The van der Waals surface area contributed by atoms with Crippen molar-refractivity contribution in [3.63, 3.8) is 0 Å². The van der Waals surface area contributed by atoms with Crippen LogP contribution in [-0.2, 0) is 0 Å². The Labute approximate surface area is 109 Å². The summed E-state index contributed by atoms with van der Waals surface area (Å²) in [7, 11) is 0. The van der Waals surface area contributed by atoms with E-state index >= 15 is 0 Å². The Balaban J connectivity index is 2.08. The molecule has 1 aromatic heterocycles. The Kier molecular flexibility index (Phi) is 4.01. The summed E-state index contributed by atoms with van der Waals surface area (Å²) in [6.45, 7) is 10.7. The van der Waals surface area contributed by atoms with Crippen molar-refractivity contribution in [1.82, 2.24) is 14.9 Å². The van der Waals surface area contributed by atoms with Crippen LogP contribution in [0.25, 0.3) is 0 Å². The minimum Gasteiger partial charge on any atom is -0.368 e. The van der Waals surface area contributed by atoms with E-state index in [0.717, 1.165) is 37.7 Å². The summed E-state index contributed by atoms with van der Waals surface area (Å²) in [5.41, 5.74) is 6.65. The number of rotatable bonds is 4. The number of likely N-dealkylation sites (N-methyl/N-ethyl adjacent to an activating group) is 1. The molecule has 2 heterocycles. The number of hydrogen-bond acceptors (Lipinski definition) is 5. The number of aryl methyl sites for hydroxylation is 1. The molecule has 5 heteroatoms. The summed E-state index contributed by atoms with van der Waals surface area (Å²) >= 11 is 0. The Morgan fingerprint density at radius 1 is 1.39 bits per heavy atom. The van der Waals surface area contributed by atoms with Crippen LogP contribution in [0.3, 0.4) is 0 Å². The average Bonchev–Trinajstić information content (AvgIpc) is 2.79. The minimum absolute atomic E-state index is 0.372. The second-order valence-corrected chi connectivity index (χ2v) is 4.84. The summed E-state index contributed by atoms with van der Waals surface area (Å²) in [4.78, 5) is 13.3. The molecular formula is C13H23N5. The summed E-state index contributed by atoms with van der Waals surface area (Å²) in [5.74, 6) is 1.34. The van der Waals surface area contributed by atoms with Crippen LogP contribution in [0.5, 0.6) is 0 Å². The van der Waals surface area contributed by atoms with Crippen LogP contribution in [-0.4, -0.2) is 47.1 Å². The van der Waals surface area contributed by atoms with Crippen LogP contribution in [0, 0.1) is 6.92 Å². The Bertz CT molecular complexity index is 382. The lowest BCUT2D eigenvalue weighted by Crippen LogP contribution is -2.37. The molecule has 5 nitrogen and oxygen atoms in total. The van der Waals surface area contributed by atoms with Crippen molar-refractivity contribution >= 4 is 11.8 Å². The largest absolute Gasteiger partial charge is 0.368 e. The van der Waals surface area contributed by atoms with Gasteiger partial charge < -0.3 is 10.6 Å². The first kappa shape index (κ1) is 13.1. The Morgan fingerprint density at radius 2 is 2.11 bits per heavy atom. The molecular weight excluding hydrogens is 226 g/mol. The summed E-state index contributed by atoms with van der Waals surface area (Å²) < 4.78 is 0. The van der Waals surface area contributed by atoms with Gasteiger partial charge in [-0.15, -0.1) is 0 Å². The van der Waals surface area contributed by atoms with Crippen LogP contribution in [0.2, 0.25) is 0 Å². The number of aromatic nitrogens is 2. The fraction of sp³-hybridized carbons (Fsp3) is 0.692. The normalized spacial score (nSPS) is 19.8. The molecule has 0 bridgehead atoms. The summed E-state index contributed by atoms with van der Waals surface area (Å²) in [5, 5.41) is 0. The third-order valence-corrected chi connectivity index (χ3v) is 3.67. The third kappa shape index (κ3) is 2.72. The molecule has 1 saturated heterocycles. The van der Waals surface area contributed by atoms with E-state index in [0.29, 0.717) is 12.0 Å². The SMILES string of the molecule is CCN(CC)C1CCN(c2cc(C)nc(N)n2)C1. The maximum atomic E-state index is 5.71. The minimum atomic E-state index is 0.372. The number of nitrogens with zero attached hydrogens (tertiary/aromatic N) is 4. The second kappa shape index (κ2) is 5.52. The van der Waals surface area contributed by atoms with Crippen molar-refractivity contribution in [3.8, 4) is 0 Å². The number of nitrogens with two attached hydrogens (primary N) is 1. The smallest absolute Gasteiger partial charge is 0.222 e. The predicted molar refractivity (Wildman–Crippen MR) is 74.7 cm³/mol. The van der Waals surface area contributed by atoms with E-state index in [1.807, 2.05) is 13.0 Å². The maximum absolute atomic E-state index is 5.71. The van der Waals surface area contributed by atoms with Crippen LogP contribution in [0.4, 0.5) is 11.8 Å². The van der Waals surface area contributed by atoms with Gasteiger partial charge in [0.1, 0.15) is 5.82 Å². The standard InChI is InChI=1S/C13H23N5/c1-4-17(5-2)11-6-7-18(9-11)12-8-10(3)15-13(14)16-12/h8,11H,4-7,9H2,1-3H3,(H2,14,15,16). The van der Waals surface area contributed by atoms with E-state index in [1.54, 1.807) is 0 Å². The van der Waals surface area contributed by atoms with Gasteiger partial charge in [-0.05, 0) is 26.4 Å². The Hall–Kier alpha value is -1.36. The molecule has 1 aliphatic rings. The van der Waals surface area contributed by atoms with Crippen molar-refractivity contribution in [1.29, 1.82) is 0 Å². The molecule has 2 N–H and O–H groups in total. The topological polar surface area (TPSA) is 58.3 Å². The van der Waals surface area contributed by atoms with Crippen molar-refractivity contribution < 1.29 is 0 Å². The number of nitrogen functional groups attached to an aromatic ring is 1. The van der Waals surface area contributed by atoms with Crippen molar-refractivity contribution in [2.24, 2.45) is 0 Å². The molecule has 0 radical (unpaired) electrons. The molecule has 1 unspecified atom stereocenters. The molecule has 1 aromatic rings. The van der Waals surface area contributed by atoms with Gasteiger partial charge in [-0.25, -0.2) is 4.98 Å². The maximum Gasteiger partial charge on any atom is 0.222 e. The average molecular weight is 249 g/mol. The van der Waals surface area contributed by atoms with Crippen LogP contribution in [0.1, 0.15) is 26.0 Å². The van der Waals surface area contributed by atoms with Crippen LogP contribution >= 0.6 is 0 Å². The molecule has 0 aromatic carbocycles. The van der Waals surface area contributed by atoms with Gasteiger partial charge in [0.05, 0.1) is 0 Å². The fourth-order valence-corrected chi connectivity index (χ4v) is 2.72. The van der Waals surface area contributed by atoms with Crippen molar-refractivity contribution in [2.45, 2.75) is 33.2 Å². The zero-order chi connectivity index (χ0) is 13.1. The molecule has 18 heavy (non-hydrogen) atoms. The highest BCUT2D eigenvalue weighted by Gasteiger charge is 2.27.